The van der Waals surface area contributed by atoms with Crippen LogP contribution in [0.3, 0.4) is 0 Å². The molecular formula is C17H14N2O3. The van der Waals surface area contributed by atoms with E-state index >= 15 is 0 Å². The Morgan fingerprint density at radius 2 is 1.95 bits per heavy atom. The lowest BCUT2D eigenvalue weighted by molar-refractivity contribution is -0.115. The molecule has 1 unspecified atom stereocenters. The zero-order valence-corrected chi connectivity index (χ0v) is 12.0. The van der Waals surface area contributed by atoms with Crippen LogP contribution in [-0.2, 0) is 14.3 Å². The van der Waals surface area contributed by atoms with Gasteiger partial charge in [0.2, 0.25) is 5.78 Å². The topological polar surface area (TPSA) is 67.4 Å². The second-order valence-corrected chi connectivity index (χ2v) is 5.52. The third-order valence-electron chi connectivity index (χ3n) is 4.29. The number of ether oxygens (including phenoxy) is 1. The third-order valence-corrected chi connectivity index (χ3v) is 4.29. The molecule has 4 rings (SSSR count). The third kappa shape index (κ3) is 1.53. The summed E-state index contributed by atoms with van der Waals surface area (Å²) in [6, 6.07) is 7.65. The number of ketones is 2. The van der Waals surface area contributed by atoms with Crippen LogP contribution in [0.15, 0.2) is 59.5 Å². The van der Waals surface area contributed by atoms with Gasteiger partial charge in [-0.05, 0) is 18.2 Å². The Labute approximate surface area is 127 Å². The summed E-state index contributed by atoms with van der Waals surface area (Å²) >= 11 is 0. The van der Waals surface area contributed by atoms with E-state index in [0.29, 0.717) is 11.3 Å². The number of nitrogens with one attached hydrogen (secondary N) is 2. The first-order valence-corrected chi connectivity index (χ1v) is 7.05. The number of allylic oxidation sites excluding steroid dienone is 4. The number of Topliss-reactive ketones (excluding diaryl/α,β-unsaturated/α-hetero) is 1. The molecule has 2 aliphatic carbocycles. The van der Waals surface area contributed by atoms with Crippen molar-refractivity contribution >= 4 is 22.9 Å². The molecule has 1 aliphatic heterocycles. The molecule has 0 saturated carbocycles. The molecule has 110 valence electrons. The van der Waals surface area contributed by atoms with E-state index in [-0.39, 0.29) is 23.7 Å². The van der Waals surface area contributed by atoms with Crippen LogP contribution in [0.2, 0.25) is 0 Å². The summed E-state index contributed by atoms with van der Waals surface area (Å²) in [5, 5.41) is 6.67. The molecule has 0 fully saturated rings. The molecule has 1 aromatic rings. The molecule has 1 aromatic carbocycles. The van der Waals surface area contributed by atoms with Crippen LogP contribution in [0.4, 0.5) is 11.4 Å². The minimum Gasteiger partial charge on any atom is -0.491 e. The van der Waals surface area contributed by atoms with Crippen molar-refractivity contribution in [3.8, 4) is 0 Å². The van der Waals surface area contributed by atoms with E-state index in [2.05, 4.69) is 10.6 Å². The van der Waals surface area contributed by atoms with Crippen molar-refractivity contribution < 1.29 is 14.3 Å². The van der Waals surface area contributed by atoms with E-state index in [1.807, 2.05) is 24.3 Å². The Kier molecular flexibility index (Phi) is 2.54. The lowest BCUT2D eigenvalue weighted by Gasteiger charge is -2.39. The van der Waals surface area contributed by atoms with E-state index in [0.717, 1.165) is 11.4 Å². The number of hydrogen-bond acceptors (Lipinski definition) is 5. The van der Waals surface area contributed by atoms with Crippen LogP contribution in [0.5, 0.6) is 0 Å². The van der Waals surface area contributed by atoms with E-state index in [1.165, 1.54) is 13.2 Å². The van der Waals surface area contributed by atoms with Crippen molar-refractivity contribution in [2.45, 2.75) is 12.0 Å². The van der Waals surface area contributed by atoms with Crippen LogP contribution in [0.1, 0.15) is 6.42 Å². The maximum absolute atomic E-state index is 12.7. The number of rotatable bonds is 1. The number of hydrogen-bond donors (Lipinski definition) is 2. The number of methoxy groups -OCH3 is 1. The first-order chi connectivity index (χ1) is 10.7. The summed E-state index contributed by atoms with van der Waals surface area (Å²) in [5.41, 5.74) is 1.98. The quantitative estimate of drug-likeness (QED) is 0.831. The molecule has 0 amide bonds. The van der Waals surface area contributed by atoms with Gasteiger partial charge in [0.15, 0.2) is 11.5 Å². The summed E-state index contributed by atoms with van der Waals surface area (Å²) in [6.45, 7) is 0. The average Bonchev–Trinajstić information content (AvgIpc) is 2.62. The van der Waals surface area contributed by atoms with Gasteiger partial charge in [-0.1, -0.05) is 24.3 Å². The Hall–Kier alpha value is -2.82. The summed E-state index contributed by atoms with van der Waals surface area (Å²) in [6.07, 6.45) is 4.99. The Balaban J connectivity index is 1.97. The molecule has 0 aromatic heterocycles. The Morgan fingerprint density at radius 1 is 1.18 bits per heavy atom. The molecule has 0 radical (unpaired) electrons. The fraction of sp³-hybridized carbons (Fsp3) is 0.176. The van der Waals surface area contributed by atoms with Crippen molar-refractivity contribution in [1.82, 2.24) is 0 Å². The highest BCUT2D eigenvalue weighted by atomic mass is 16.5. The summed E-state index contributed by atoms with van der Waals surface area (Å²) in [5.74, 6) is 0.0311. The summed E-state index contributed by atoms with van der Waals surface area (Å²) in [4.78, 5) is 24.8. The van der Waals surface area contributed by atoms with E-state index in [4.69, 9.17) is 4.74 Å². The highest BCUT2D eigenvalue weighted by Gasteiger charge is 2.54. The van der Waals surface area contributed by atoms with Crippen LogP contribution in [0.25, 0.3) is 0 Å². The minimum atomic E-state index is -0.878. The van der Waals surface area contributed by atoms with Gasteiger partial charge in [-0.2, -0.15) is 0 Å². The van der Waals surface area contributed by atoms with Crippen molar-refractivity contribution in [1.29, 1.82) is 0 Å². The maximum Gasteiger partial charge on any atom is 0.228 e. The largest absolute Gasteiger partial charge is 0.491 e. The second-order valence-electron chi connectivity index (χ2n) is 5.52. The molecule has 1 atom stereocenters. The molecule has 0 saturated heterocycles. The molecular weight excluding hydrogens is 280 g/mol. The molecule has 2 N–H and O–H groups in total. The van der Waals surface area contributed by atoms with Crippen LogP contribution < -0.4 is 10.6 Å². The van der Waals surface area contributed by atoms with Crippen molar-refractivity contribution in [3.63, 3.8) is 0 Å². The first-order valence-electron chi connectivity index (χ1n) is 7.05. The van der Waals surface area contributed by atoms with Gasteiger partial charge in [-0.15, -0.1) is 0 Å². The molecule has 3 aliphatic rings. The molecule has 0 bridgehead atoms. The van der Waals surface area contributed by atoms with Gasteiger partial charge in [0.1, 0.15) is 5.54 Å². The highest BCUT2D eigenvalue weighted by molar-refractivity contribution is 6.17. The van der Waals surface area contributed by atoms with E-state index in [1.54, 1.807) is 12.2 Å². The monoisotopic (exact) mass is 294 g/mol. The number of carbonyl (C=O) groups is 2. The van der Waals surface area contributed by atoms with Gasteiger partial charge in [0.05, 0.1) is 24.2 Å². The predicted molar refractivity (Wildman–Crippen MR) is 82.3 cm³/mol. The first kappa shape index (κ1) is 12.9. The predicted octanol–water partition coefficient (Wildman–Crippen LogP) is 2.16. The van der Waals surface area contributed by atoms with Crippen LogP contribution in [-0.4, -0.2) is 24.2 Å². The number of para-hydroxylation sites is 2. The minimum absolute atomic E-state index is 0.0393. The maximum atomic E-state index is 12.7. The van der Waals surface area contributed by atoms with Gasteiger partial charge in [0.25, 0.3) is 0 Å². The fourth-order valence-electron chi connectivity index (χ4n) is 3.33. The number of fused-ring (bicyclic) bond motifs is 1. The normalized spacial score (nSPS) is 25.4. The van der Waals surface area contributed by atoms with E-state index in [9.17, 15) is 9.59 Å². The molecule has 22 heavy (non-hydrogen) atoms. The Bertz CT molecular complexity index is 804. The molecule has 1 spiro atoms. The van der Waals surface area contributed by atoms with Gasteiger partial charge < -0.3 is 15.4 Å². The van der Waals surface area contributed by atoms with Crippen molar-refractivity contribution in [3.05, 3.63) is 59.5 Å². The SMILES string of the molecule is COC1=C2Nc3ccccc3NC23CC(=O)C=CC=C3C1=O. The van der Waals surface area contributed by atoms with Crippen molar-refractivity contribution in [2.24, 2.45) is 0 Å². The smallest absolute Gasteiger partial charge is 0.228 e. The molecule has 1 heterocycles. The lowest BCUT2D eigenvalue weighted by Crippen LogP contribution is -2.47. The fourth-order valence-corrected chi connectivity index (χ4v) is 3.33. The van der Waals surface area contributed by atoms with Gasteiger partial charge in [-0.3, -0.25) is 9.59 Å². The summed E-state index contributed by atoms with van der Waals surface area (Å²) < 4.78 is 5.32. The van der Waals surface area contributed by atoms with Gasteiger partial charge in [0, 0.05) is 12.0 Å². The second kappa shape index (κ2) is 4.34. The molecule has 5 heteroatoms. The van der Waals surface area contributed by atoms with Crippen LogP contribution in [0, 0.1) is 0 Å². The van der Waals surface area contributed by atoms with Crippen LogP contribution >= 0.6 is 0 Å². The standard InChI is InChI=1S/C17H14N2O3/c1-22-15-14(21)11-6-4-5-10(20)9-17(11)16(15)18-12-7-2-3-8-13(12)19-17/h2-8,18-19H,9H2,1H3. The zero-order chi connectivity index (χ0) is 15.3. The van der Waals surface area contributed by atoms with Crippen molar-refractivity contribution in [2.75, 3.05) is 17.7 Å². The van der Waals surface area contributed by atoms with Gasteiger partial charge in [-0.25, -0.2) is 0 Å². The zero-order valence-electron chi connectivity index (χ0n) is 12.0. The average molecular weight is 294 g/mol. The molecule has 5 nitrogen and oxygen atoms in total. The number of benzene rings is 1. The lowest BCUT2D eigenvalue weighted by atomic mass is 9.83. The summed E-state index contributed by atoms with van der Waals surface area (Å²) in [7, 11) is 1.47. The highest BCUT2D eigenvalue weighted by Crippen LogP contribution is 2.48. The number of carbonyl (C=O) groups excluding carboxylic acids is 2. The van der Waals surface area contributed by atoms with Gasteiger partial charge >= 0.3 is 0 Å². The number of anilines is 2. The van der Waals surface area contributed by atoms with E-state index < -0.39 is 5.54 Å². The Morgan fingerprint density at radius 3 is 2.73 bits per heavy atom.